The molecule has 1 aromatic heterocycles. The zero-order chi connectivity index (χ0) is 13.1. The summed E-state index contributed by atoms with van der Waals surface area (Å²) in [5.41, 5.74) is 1.47. The summed E-state index contributed by atoms with van der Waals surface area (Å²) in [5.74, 6) is -0.0781. The number of nitrogens with zero attached hydrogens (tertiary/aromatic N) is 1. The molecule has 0 radical (unpaired) electrons. The van der Waals surface area contributed by atoms with Crippen molar-refractivity contribution in [2.45, 2.75) is 6.92 Å². The van der Waals surface area contributed by atoms with Crippen molar-refractivity contribution in [2.75, 3.05) is 7.11 Å². The lowest BCUT2D eigenvalue weighted by molar-refractivity contribution is 0.101. The topological polar surface area (TPSA) is 39.2 Å². The third kappa shape index (κ3) is 2.37. The smallest absolute Gasteiger partial charge is 0.213 e. The standard InChI is InChI=1S/C14H12FNO2/c1-9(17)10-3-4-13(15)12(7-10)11-5-6-16-14(8-11)18-2/h3-8H,1-2H3. The molecule has 4 heteroatoms. The highest BCUT2D eigenvalue weighted by Crippen LogP contribution is 2.26. The van der Waals surface area contributed by atoms with Crippen LogP contribution in [0.1, 0.15) is 17.3 Å². The van der Waals surface area contributed by atoms with Crippen LogP contribution in [0, 0.1) is 5.82 Å². The third-order valence-corrected chi connectivity index (χ3v) is 2.63. The summed E-state index contributed by atoms with van der Waals surface area (Å²) in [5, 5.41) is 0. The van der Waals surface area contributed by atoms with Crippen LogP contribution in [-0.2, 0) is 0 Å². The maximum absolute atomic E-state index is 13.8. The van der Waals surface area contributed by atoms with Crippen LogP contribution in [-0.4, -0.2) is 17.9 Å². The molecule has 2 rings (SSSR count). The van der Waals surface area contributed by atoms with Crippen molar-refractivity contribution in [1.82, 2.24) is 4.98 Å². The number of rotatable bonds is 3. The van der Waals surface area contributed by atoms with Crippen LogP contribution in [0.5, 0.6) is 5.88 Å². The number of ether oxygens (including phenoxy) is 1. The molecule has 0 saturated carbocycles. The fraction of sp³-hybridized carbons (Fsp3) is 0.143. The lowest BCUT2D eigenvalue weighted by Gasteiger charge is -2.06. The van der Waals surface area contributed by atoms with Crippen LogP contribution in [0.2, 0.25) is 0 Å². The molecular weight excluding hydrogens is 233 g/mol. The zero-order valence-electron chi connectivity index (χ0n) is 10.1. The second-order valence-electron chi connectivity index (χ2n) is 3.84. The van der Waals surface area contributed by atoms with Gasteiger partial charge in [0.15, 0.2) is 5.78 Å². The molecule has 0 saturated heterocycles. The van der Waals surface area contributed by atoms with Crippen LogP contribution >= 0.6 is 0 Å². The molecule has 18 heavy (non-hydrogen) atoms. The summed E-state index contributed by atoms with van der Waals surface area (Å²) in [4.78, 5) is 15.3. The molecule has 0 aliphatic heterocycles. The molecule has 0 amide bonds. The van der Waals surface area contributed by atoms with Crippen molar-refractivity contribution in [3.63, 3.8) is 0 Å². The highest BCUT2D eigenvalue weighted by molar-refractivity contribution is 5.95. The van der Waals surface area contributed by atoms with Crippen molar-refractivity contribution in [2.24, 2.45) is 0 Å². The maximum Gasteiger partial charge on any atom is 0.213 e. The normalized spacial score (nSPS) is 10.2. The van der Waals surface area contributed by atoms with Crippen LogP contribution in [0.25, 0.3) is 11.1 Å². The van der Waals surface area contributed by atoms with E-state index >= 15 is 0 Å². The number of hydrogen-bond donors (Lipinski definition) is 0. The van der Waals surface area contributed by atoms with Gasteiger partial charge in [-0.15, -0.1) is 0 Å². The van der Waals surface area contributed by atoms with Crippen LogP contribution in [0.4, 0.5) is 4.39 Å². The number of methoxy groups -OCH3 is 1. The van der Waals surface area contributed by atoms with Crippen molar-refractivity contribution >= 4 is 5.78 Å². The molecule has 2 aromatic rings. The average Bonchev–Trinajstić information content (AvgIpc) is 2.39. The van der Waals surface area contributed by atoms with Gasteiger partial charge in [0.25, 0.3) is 0 Å². The SMILES string of the molecule is COc1cc(-c2cc(C(C)=O)ccc2F)ccn1. The number of benzene rings is 1. The van der Waals surface area contributed by atoms with Gasteiger partial charge in [0, 0.05) is 23.4 Å². The molecule has 0 spiro atoms. The van der Waals surface area contributed by atoms with E-state index in [4.69, 9.17) is 4.74 Å². The Morgan fingerprint density at radius 1 is 1.28 bits per heavy atom. The summed E-state index contributed by atoms with van der Waals surface area (Å²) in [6.07, 6.45) is 1.54. The van der Waals surface area contributed by atoms with Gasteiger partial charge in [0.05, 0.1) is 7.11 Å². The Balaban J connectivity index is 2.54. The zero-order valence-corrected chi connectivity index (χ0v) is 10.1. The molecule has 0 atom stereocenters. The first kappa shape index (κ1) is 12.2. The summed E-state index contributed by atoms with van der Waals surface area (Å²) in [6.45, 7) is 1.45. The van der Waals surface area contributed by atoms with Gasteiger partial charge >= 0.3 is 0 Å². The second-order valence-corrected chi connectivity index (χ2v) is 3.84. The van der Waals surface area contributed by atoms with E-state index in [2.05, 4.69) is 4.98 Å². The van der Waals surface area contributed by atoms with E-state index < -0.39 is 0 Å². The first-order chi connectivity index (χ1) is 8.61. The summed E-state index contributed by atoms with van der Waals surface area (Å²) in [7, 11) is 1.49. The number of pyridine rings is 1. The molecule has 0 aliphatic carbocycles. The Morgan fingerprint density at radius 2 is 2.06 bits per heavy atom. The molecular formula is C14H12FNO2. The number of aromatic nitrogens is 1. The fourth-order valence-corrected chi connectivity index (χ4v) is 1.65. The second kappa shape index (κ2) is 4.96. The van der Waals surface area contributed by atoms with Gasteiger partial charge in [-0.25, -0.2) is 9.37 Å². The molecule has 0 aliphatic rings. The minimum absolute atomic E-state index is 0.0997. The number of carbonyl (C=O) groups excluding carboxylic acids is 1. The number of halogens is 1. The first-order valence-electron chi connectivity index (χ1n) is 5.42. The predicted octanol–water partition coefficient (Wildman–Crippen LogP) is 3.10. The Morgan fingerprint density at radius 3 is 2.72 bits per heavy atom. The Labute approximate surface area is 104 Å². The van der Waals surface area contributed by atoms with Crippen molar-refractivity contribution in [1.29, 1.82) is 0 Å². The minimum Gasteiger partial charge on any atom is -0.481 e. The Bertz CT molecular complexity index is 596. The first-order valence-corrected chi connectivity index (χ1v) is 5.42. The molecule has 92 valence electrons. The lowest BCUT2D eigenvalue weighted by atomic mass is 10.0. The largest absolute Gasteiger partial charge is 0.481 e. The van der Waals surface area contributed by atoms with Gasteiger partial charge in [0.2, 0.25) is 5.88 Å². The molecule has 1 heterocycles. The van der Waals surface area contributed by atoms with E-state index in [1.165, 1.54) is 38.4 Å². The number of hydrogen-bond acceptors (Lipinski definition) is 3. The summed E-state index contributed by atoms with van der Waals surface area (Å²) < 4.78 is 18.8. The molecule has 1 aromatic carbocycles. The number of ketones is 1. The van der Waals surface area contributed by atoms with Gasteiger partial charge in [-0.1, -0.05) is 0 Å². The van der Waals surface area contributed by atoms with Gasteiger partial charge in [0.1, 0.15) is 5.82 Å². The monoisotopic (exact) mass is 245 g/mol. The Hall–Kier alpha value is -2.23. The number of carbonyl (C=O) groups is 1. The predicted molar refractivity (Wildman–Crippen MR) is 66.2 cm³/mol. The summed E-state index contributed by atoms with van der Waals surface area (Å²) in [6, 6.07) is 7.60. The van der Waals surface area contributed by atoms with Crippen LogP contribution < -0.4 is 4.74 Å². The average molecular weight is 245 g/mol. The van der Waals surface area contributed by atoms with Crippen molar-refractivity contribution in [3.05, 3.63) is 47.9 Å². The van der Waals surface area contributed by atoms with Gasteiger partial charge < -0.3 is 4.74 Å². The van der Waals surface area contributed by atoms with Crippen molar-refractivity contribution < 1.29 is 13.9 Å². The van der Waals surface area contributed by atoms with E-state index in [1.54, 1.807) is 12.1 Å². The van der Waals surface area contributed by atoms with E-state index in [9.17, 15) is 9.18 Å². The van der Waals surface area contributed by atoms with Gasteiger partial charge in [-0.3, -0.25) is 4.79 Å². The fourth-order valence-electron chi connectivity index (χ4n) is 1.65. The highest BCUT2D eigenvalue weighted by Gasteiger charge is 2.09. The van der Waals surface area contributed by atoms with Gasteiger partial charge in [-0.05, 0) is 36.8 Å². The van der Waals surface area contributed by atoms with E-state index in [1.807, 2.05) is 0 Å². The lowest BCUT2D eigenvalue weighted by Crippen LogP contribution is -1.95. The number of Topliss-reactive ketones (excluding diaryl/α,β-unsaturated/α-hetero) is 1. The molecule has 0 fully saturated rings. The molecule has 0 N–H and O–H groups in total. The van der Waals surface area contributed by atoms with Crippen molar-refractivity contribution in [3.8, 4) is 17.0 Å². The minimum atomic E-state index is -0.381. The third-order valence-electron chi connectivity index (χ3n) is 2.63. The highest BCUT2D eigenvalue weighted by atomic mass is 19.1. The maximum atomic E-state index is 13.8. The van der Waals surface area contributed by atoms with Crippen LogP contribution in [0.15, 0.2) is 36.5 Å². The van der Waals surface area contributed by atoms with Gasteiger partial charge in [-0.2, -0.15) is 0 Å². The quantitative estimate of drug-likeness (QED) is 0.780. The molecule has 0 bridgehead atoms. The van der Waals surface area contributed by atoms with Crippen LogP contribution in [0.3, 0.4) is 0 Å². The van der Waals surface area contributed by atoms with E-state index in [0.717, 1.165) is 0 Å². The van der Waals surface area contributed by atoms with E-state index in [0.29, 0.717) is 22.6 Å². The summed E-state index contributed by atoms with van der Waals surface area (Å²) >= 11 is 0. The Kier molecular flexibility index (Phi) is 3.37. The molecule has 0 unspecified atom stereocenters. The molecule has 3 nitrogen and oxygen atoms in total. The van der Waals surface area contributed by atoms with E-state index in [-0.39, 0.29) is 11.6 Å².